The first kappa shape index (κ1) is 90.6. The summed E-state index contributed by atoms with van der Waals surface area (Å²) in [5, 5.41) is 9.65. The van der Waals surface area contributed by atoms with Crippen molar-refractivity contribution in [3.8, 4) is 0 Å². The Labute approximate surface area is 579 Å². The third-order valence-electron chi connectivity index (χ3n) is 19.7. The Morgan fingerprint density at radius 3 is 0.613 bits per heavy atom. The van der Waals surface area contributed by atoms with Gasteiger partial charge in [-0.2, -0.15) is 0 Å². The number of amides is 3. The third kappa shape index (κ3) is 70.8. The minimum Gasteiger partial charge on any atom is -0.356 e. The van der Waals surface area contributed by atoms with Gasteiger partial charge in [0, 0.05) is 110 Å². The van der Waals surface area contributed by atoms with Gasteiger partial charge in [0.2, 0.25) is 17.7 Å². The van der Waals surface area contributed by atoms with Crippen LogP contribution in [0.4, 0.5) is 0 Å². The smallest absolute Gasteiger partial charge is 0.221 e. The van der Waals surface area contributed by atoms with Crippen molar-refractivity contribution >= 4 is 29.3 Å². The van der Waals surface area contributed by atoms with Crippen molar-refractivity contribution in [2.24, 2.45) is 0 Å². The van der Waals surface area contributed by atoms with E-state index in [4.69, 9.17) is 0 Å². The van der Waals surface area contributed by atoms with Crippen LogP contribution in [0, 0.1) is 0 Å². The number of Topliss-reactive ketones (excluding diaryl/α,β-unsaturated/α-hetero) is 2. The predicted octanol–water partition coefficient (Wildman–Crippen LogP) is 21.9. The van der Waals surface area contributed by atoms with Gasteiger partial charge in [0.25, 0.3) is 0 Å². The van der Waals surface area contributed by atoms with Crippen LogP contribution in [0.1, 0.15) is 420 Å². The summed E-state index contributed by atoms with van der Waals surface area (Å²) in [7, 11) is 0. The molecule has 3 N–H and O–H groups in total. The fourth-order valence-corrected chi connectivity index (χ4v) is 13.1. The summed E-state index contributed by atoms with van der Waals surface area (Å²) in [5.41, 5.74) is 0. The summed E-state index contributed by atoms with van der Waals surface area (Å²) < 4.78 is 0. The van der Waals surface area contributed by atoms with Gasteiger partial charge < -0.3 is 30.7 Å². The zero-order valence-corrected chi connectivity index (χ0v) is 63.3. The van der Waals surface area contributed by atoms with Crippen molar-refractivity contribution in [3.05, 3.63) is 0 Å². The van der Waals surface area contributed by atoms with Crippen LogP contribution in [0.2, 0.25) is 0 Å². The number of hydrogen-bond acceptors (Lipinski definition) is 8. The zero-order chi connectivity index (χ0) is 67.7. The molecule has 0 fully saturated rings. The summed E-state index contributed by atoms with van der Waals surface area (Å²) in [6.45, 7) is 20.2. The number of rotatable bonds is 79. The molecule has 0 aromatic heterocycles. The monoisotopic (exact) mass is 1310 g/mol. The first-order valence-corrected chi connectivity index (χ1v) is 41.7. The molecule has 0 saturated carbocycles. The minimum atomic E-state index is 0.107. The van der Waals surface area contributed by atoms with E-state index < -0.39 is 0 Å². The van der Waals surface area contributed by atoms with Crippen LogP contribution in [0.5, 0.6) is 0 Å². The molecule has 0 spiro atoms. The van der Waals surface area contributed by atoms with E-state index in [-0.39, 0.29) is 17.7 Å². The maximum Gasteiger partial charge on any atom is 0.221 e. The van der Waals surface area contributed by atoms with Crippen molar-refractivity contribution in [2.45, 2.75) is 420 Å². The molecule has 0 aliphatic heterocycles. The molecule has 0 atom stereocenters. The lowest BCUT2D eigenvalue weighted by Crippen LogP contribution is -2.39. The van der Waals surface area contributed by atoms with E-state index in [2.05, 4.69) is 65.3 Å². The summed E-state index contributed by atoms with van der Waals surface area (Å²) >= 11 is 0. The molecule has 3 amide bonds. The number of carbonyl (C=O) groups is 5. The van der Waals surface area contributed by atoms with E-state index >= 15 is 0 Å². The Hall–Kier alpha value is -2.37. The van der Waals surface area contributed by atoms with Gasteiger partial charge in [-0.25, -0.2) is 0 Å². The molecule has 11 heteroatoms. The first-order valence-electron chi connectivity index (χ1n) is 41.7. The molecular weight excluding hydrogens is 1150 g/mol. The van der Waals surface area contributed by atoms with Gasteiger partial charge in [0.05, 0.1) is 0 Å². The number of hydrogen-bond donors (Lipinski definition) is 3. The third-order valence-corrected chi connectivity index (χ3v) is 19.7. The summed E-state index contributed by atoms with van der Waals surface area (Å²) in [6.07, 6.45) is 70.2. The highest BCUT2D eigenvalue weighted by molar-refractivity contribution is 5.79. The Morgan fingerprint density at radius 1 is 0.183 bits per heavy atom. The molecule has 0 saturated heterocycles. The average molecular weight is 1310 g/mol. The lowest BCUT2D eigenvalue weighted by Gasteiger charge is -2.28. The molecule has 0 aromatic rings. The molecule has 0 radical (unpaired) electrons. The molecule has 0 aliphatic carbocycles. The average Bonchev–Trinajstić information content (AvgIpc) is 3.61. The van der Waals surface area contributed by atoms with E-state index in [0.29, 0.717) is 89.2 Å². The minimum absolute atomic E-state index is 0.107. The van der Waals surface area contributed by atoms with Gasteiger partial charge in [0.15, 0.2) is 0 Å². The highest BCUT2D eigenvalue weighted by Gasteiger charge is 2.17. The molecule has 11 nitrogen and oxygen atoms in total. The first-order chi connectivity index (χ1) is 45.7. The number of nitrogens with one attached hydrogen (secondary N) is 3. The fraction of sp³-hybridized carbons (Fsp3) is 0.939. The normalized spacial score (nSPS) is 11.7. The van der Waals surface area contributed by atoms with Gasteiger partial charge in [-0.1, -0.05) is 330 Å². The molecular formula is C82H162N6O5. The Balaban J connectivity index is 5.81. The van der Waals surface area contributed by atoms with Crippen LogP contribution in [0.3, 0.4) is 0 Å². The lowest BCUT2D eigenvalue weighted by molar-refractivity contribution is -0.122. The van der Waals surface area contributed by atoms with Crippen LogP contribution in [-0.4, -0.2) is 123 Å². The van der Waals surface area contributed by atoms with Gasteiger partial charge in [0.1, 0.15) is 11.6 Å². The van der Waals surface area contributed by atoms with Crippen LogP contribution in [-0.2, 0) is 24.0 Å². The molecule has 0 bridgehead atoms. The second-order valence-corrected chi connectivity index (χ2v) is 28.9. The molecule has 0 heterocycles. The largest absolute Gasteiger partial charge is 0.356 e. The summed E-state index contributed by atoms with van der Waals surface area (Å²) in [6, 6.07) is 0. The second-order valence-electron chi connectivity index (χ2n) is 28.9. The van der Waals surface area contributed by atoms with E-state index in [1.807, 2.05) is 0 Å². The van der Waals surface area contributed by atoms with Crippen LogP contribution >= 0.6 is 0 Å². The molecule has 0 rings (SSSR count). The van der Waals surface area contributed by atoms with Crippen molar-refractivity contribution in [1.29, 1.82) is 0 Å². The summed E-state index contributed by atoms with van der Waals surface area (Å²) in [5.74, 6) is 1.02. The lowest BCUT2D eigenvalue weighted by atomic mass is 10.0. The molecule has 550 valence electrons. The van der Waals surface area contributed by atoms with Crippen LogP contribution < -0.4 is 16.0 Å². The van der Waals surface area contributed by atoms with Crippen molar-refractivity contribution in [2.75, 3.05) is 78.5 Å². The maximum atomic E-state index is 13.4. The van der Waals surface area contributed by atoms with Gasteiger partial charge in [-0.3, -0.25) is 24.0 Å². The topological polar surface area (TPSA) is 131 Å². The highest BCUT2D eigenvalue weighted by atomic mass is 16.2. The molecule has 0 unspecified atom stereocenters. The van der Waals surface area contributed by atoms with Gasteiger partial charge >= 0.3 is 0 Å². The number of carbonyl (C=O) groups excluding carboxylic acids is 5. The highest BCUT2D eigenvalue weighted by Crippen LogP contribution is 2.17. The van der Waals surface area contributed by atoms with E-state index in [0.717, 1.165) is 116 Å². The van der Waals surface area contributed by atoms with Crippen molar-refractivity contribution in [3.63, 3.8) is 0 Å². The SMILES string of the molecule is CCCCCCCCCCCCCC(=O)CCN(CCC(=O)CCCCCCCCCCC)CCN(CCCCCN(CCC(=O)NCCCCCCCCCCCC)CCC(=O)NCCCCCCCCCCCC)CCC(=O)NCCCCCCCCCCCC. The van der Waals surface area contributed by atoms with Gasteiger partial charge in [-0.05, 0) is 58.0 Å². The van der Waals surface area contributed by atoms with Crippen LogP contribution in [0.15, 0.2) is 0 Å². The number of ketones is 2. The van der Waals surface area contributed by atoms with Crippen molar-refractivity contribution in [1.82, 2.24) is 30.7 Å². The van der Waals surface area contributed by atoms with Gasteiger partial charge in [-0.15, -0.1) is 0 Å². The maximum absolute atomic E-state index is 13.4. The second kappa shape index (κ2) is 75.4. The Kier molecular flexibility index (Phi) is 73.5. The molecule has 93 heavy (non-hydrogen) atoms. The van der Waals surface area contributed by atoms with E-state index in [1.54, 1.807) is 0 Å². The fourth-order valence-electron chi connectivity index (χ4n) is 13.1. The Bertz CT molecular complexity index is 1560. The standard InChI is InChI=1S/C82H162N6O5/c1-6-11-16-21-26-31-35-37-42-47-53-60-79(90)62-72-88(71-61-78(89)59-52-46-41-36-30-25-20-15-10-5)77-76-87(75-65-82(93)85-68-56-50-45-40-34-29-24-19-14-9-4)70-58-51-57-69-86(73-63-80(91)83-66-54-48-43-38-32-27-22-17-12-7-2)74-64-81(92)84-67-55-49-44-39-33-28-23-18-13-8-3/h6-77H2,1-5H3,(H,83,91)(H,84,92)(H,85,93). The quantitative estimate of drug-likeness (QED) is 0.0513. The molecule has 0 aromatic carbocycles. The molecule has 0 aliphatic rings. The van der Waals surface area contributed by atoms with E-state index in [1.165, 1.54) is 270 Å². The van der Waals surface area contributed by atoms with Crippen molar-refractivity contribution < 1.29 is 24.0 Å². The van der Waals surface area contributed by atoms with E-state index in [9.17, 15) is 24.0 Å². The predicted molar refractivity (Wildman–Crippen MR) is 404 cm³/mol. The zero-order valence-electron chi connectivity index (χ0n) is 63.3. The number of nitrogens with zero attached hydrogens (tertiary/aromatic N) is 3. The summed E-state index contributed by atoms with van der Waals surface area (Å²) in [4.78, 5) is 73.8. The number of unbranched alkanes of at least 4 members (excludes halogenated alkanes) is 47. The van der Waals surface area contributed by atoms with Crippen LogP contribution in [0.25, 0.3) is 0 Å². The Morgan fingerprint density at radius 2 is 0.366 bits per heavy atom.